The van der Waals surface area contributed by atoms with Gasteiger partial charge in [0.15, 0.2) is 0 Å². The lowest BCUT2D eigenvalue weighted by Gasteiger charge is -2.28. The zero-order valence-corrected chi connectivity index (χ0v) is 13.5. The molecule has 2 atom stereocenters. The fraction of sp³-hybridized carbons (Fsp3) is 0.562. The fourth-order valence-electron chi connectivity index (χ4n) is 2.79. The molecule has 6 heteroatoms. The van der Waals surface area contributed by atoms with Crippen LogP contribution < -0.4 is 10.6 Å². The second-order valence-electron chi connectivity index (χ2n) is 5.74. The second-order valence-corrected chi connectivity index (χ2v) is 6.81. The fourth-order valence-corrected chi connectivity index (χ4v) is 3.34. The predicted octanol–water partition coefficient (Wildman–Crippen LogP) is 3.97. The minimum absolute atomic E-state index is 0.0581. The summed E-state index contributed by atoms with van der Waals surface area (Å²) in [6.07, 6.45) is 2.77. The summed E-state index contributed by atoms with van der Waals surface area (Å²) in [7, 11) is 0. The maximum Gasteiger partial charge on any atom is 0.288 e. The predicted molar refractivity (Wildman–Crippen MR) is 86.3 cm³/mol. The lowest BCUT2D eigenvalue weighted by atomic mass is 9.85. The first-order valence-corrected chi connectivity index (χ1v) is 8.48. The Kier molecular flexibility index (Phi) is 6.64. The van der Waals surface area contributed by atoms with Gasteiger partial charge in [0.05, 0.1) is 0 Å². The van der Waals surface area contributed by atoms with Crippen molar-refractivity contribution in [1.82, 2.24) is 5.32 Å². The quantitative estimate of drug-likeness (QED) is 0.777. The topological polar surface area (TPSA) is 41.1 Å². The molecule has 1 aromatic carbocycles. The van der Waals surface area contributed by atoms with Gasteiger partial charge in [-0.05, 0) is 56.0 Å². The highest BCUT2D eigenvalue weighted by molar-refractivity contribution is 7.99. The zero-order valence-electron chi connectivity index (χ0n) is 12.6. The number of anilines is 1. The first-order valence-electron chi connectivity index (χ1n) is 7.60. The Morgan fingerprint density at radius 3 is 3.00 bits per heavy atom. The van der Waals surface area contributed by atoms with Gasteiger partial charge < -0.3 is 10.6 Å². The molecule has 1 aromatic rings. The van der Waals surface area contributed by atoms with E-state index < -0.39 is 5.76 Å². The second kappa shape index (κ2) is 8.48. The van der Waals surface area contributed by atoms with E-state index in [1.807, 2.05) is 0 Å². The van der Waals surface area contributed by atoms with Crippen LogP contribution in [0.2, 0.25) is 0 Å². The molecule has 1 amide bonds. The maximum absolute atomic E-state index is 12.4. The van der Waals surface area contributed by atoms with Crippen LogP contribution in [-0.4, -0.2) is 24.8 Å². The summed E-state index contributed by atoms with van der Waals surface area (Å²) in [4.78, 5) is 12.6. The summed E-state index contributed by atoms with van der Waals surface area (Å²) in [5.41, 5.74) is 0.574. The van der Waals surface area contributed by atoms with Crippen LogP contribution in [0.25, 0.3) is 0 Å². The summed E-state index contributed by atoms with van der Waals surface area (Å²) in [6.45, 7) is 4.12. The molecule has 1 heterocycles. The summed E-state index contributed by atoms with van der Waals surface area (Å²) in [5.74, 6) is -1.67. The Labute approximate surface area is 134 Å². The number of benzene rings is 1. The Hall–Kier alpha value is -1.14. The standard InChI is InChI=1S/C16H22F2N2OS/c1-11(12-4-3-7-19-10-12)8-15(21)20-13-5-2-6-14(9-13)22-16(17)18/h2,5-6,9,11-12,16,19H,3-4,7-8,10H2,1H3,(H,20,21). The molecule has 0 bridgehead atoms. The third-order valence-corrected chi connectivity index (χ3v) is 4.69. The molecule has 2 unspecified atom stereocenters. The van der Waals surface area contributed by atoms with Gasteiger partial charge >= 0.3 is 0 Å². The van der Waals surface area contributed by atoms with Crippen molar-refractivity contribution in [2.24, 2.45) is 11.8 Å². The molecule has 2 rings (SSSR count). The Balaban J connectivity index is 1.85. The molecule has 0 spiro atoms. The van der Waals surface area contributed by atoms with Crippen LogP contribution in [0.15, 0.2) is 29.2 Å². The number of alkyl halides is 2. The number of piperidine rings is 1. The van der Waals surface area contributed by atoms with Gasteiger partial charge in [-0.25, -0.2) is 0 Å². The van der Waals surface area contributed by atoms with E-state index in [1.54, 1.807) is 24.3 Å². The van der Waals surface area contributed by atoms with Crippen molar-refractivity contribution in [3.05, 3.63) is 24.3 Å². The number of hydrogen-bond acceptors (Lipinski definition) is 3. The number of amides is 1. The summed E-state index contributed by atoms with van der Waals surface area (Å²) in [6, 6.07) is 6.60. The van der Waals surface area contributed by atoms with Crippen LogP contribution >= 0.6 is 11.8 Å². The summed E-state index contributed by atoms with van der Waals surface area (Å²) < 4.78 is 24.7. The average molecular weight is 328 g/mol. The van der Waals surface area contributed by atoms with Gasteiger partial charge in [-0.3, -0.25) is 4.79 Å². The van der Waals surface area contributed by atoms with Crippen LogP contribution in [-0.2, 0) is 4.79 Å². The van der Waals surface area contributed by atoms with E-state index in [4.69, 9.17) is 0 Å². The molecule has 1 saturated heterocycles. The molecule has 22 heavy (non-hydrogen) atoms. The Bertz CT molecular complexity index is 493. The first kappa shape index (κ1) is 17.2. The van der Waals surface area contributed by atoms with E-state index in [-0.39, 0.29) is 5.91 Å². The highest BCUT2D eigenvalue weighted by atomic mass is 32.2. The minimum atomic E-state index is -2.45. The maximum atomic E-state index is 12.4. The number of rotatable bonds is 6. The Morgan fingerprint density at radius 1 is 1.50 bits per heavy atom. The van der Waals surface area contributed by atoms with E-state index >= 15 is 0 Å². The van der Waals surface area contributed by atoms with Crippen molar-refractivity contribution in [2.45, 2.75) is 36.8 Å². The first-order chi connectivity index (χ1) is 10.5. The van der Waals surface area contributed by atoms with E-state index in [1.165, 1.54) is 0 Å². The number of carbonyl (C=O) groups is 1. The zero-order chi connectivity index (χ0) is 15.9. The number of hydrogen-bond donors (Lipinski definition) is 2. The lowest BCUT2D eigenvalue weighted by Crippen LogP contribution is -2.34. The van der Waals surface area contributed by atoms with Gasteiger partial charge in [0.2, 0.25) is 5.91 Å². The monoisotopic (exact) mass is 328 g/mol. The molecule has 1 aliphatic heterocycles. The van der Waals surface area contributed by atoms with Crippen LogP contribution in [0.3, 0.4) is 0 Å². The number of halogens is 2. The molecule has 0 aromatic heterocycles. The van der Waals surface area contributed by atoms with Crippen molar-refractivity contribution in [3.63, 3.8) is 0 Å². The molecule has 0 radical (unpaired) electrons. The van der Waals surface area contributed by atoms with E-state index in [0.717, 1.165) is 25.9 Å². The molecular formula is C16H22F2N2OS. The molecular weight excluding hydrogens is 306 g/mol. The van der Waals surface area contributed by atoms with Crippen molar-refractivity contribution in [1.29, 1.82) is 0 Å². The normalized spacial score (nSPS) is 19.9. The third-order valence-electron chi connectivity index (χ3n) is 3.99. The van der Waals surface area contributed by atoms with Gasteiger partial charge in [-0.2, -0.15) is 8.78 Å². The average Bonchev–Trinajstić information content (AvgIpc) is 2.47. The van der Waals surface area contributed by atoms with E-state index in [9.17, 15) is 13.6 Å². The molecule has 1 aliphatic rings. The SMILES string of the molecule is CC(CC(=O)Nc1cccc(SC(F)F)c1)C1CCCNC1. The molecule has 3 nitrogen and oxygen atoms in total. The van der Waals surface area contributed by atoms with Crippen molar-refractivity contribution in [2.75, 3.05) is 18.4 Å². The molecule has 1 fully saturated rings. The van der Waals surface area contributed by atoms with Crippen molar-refractivity contribution >= 4 is 23.4 Å². The minimum Gasteiger partial charge on any atom is -0.326 e. The van der Waals surface area contributed by atoms with Gasteiger partial charge in [-0.15, -0.1) is 0 Å². The van der Waals surface area contributed by atoms with Gasteiger partial charge in [-0.1, -0.05) is 24.8 Å². The van der Waals surface area contributed by atoms with Crippen LogP contribution in [0.1, 0.15) is 26.2 Å². The van der Waals surface area contributed by atoms with Crippen LogP contribution in [0.5, 0.6) is 0 Å². The van der Waals surface area contributed by atoms with E-state index in [0.29, 0.717) is 40.6 Å². The highest BCUT2D eigenvalue weighted by Gasteiger charge is 2.22. The molecule has 2 N–H and O–H groups in total. The van der Waals surface area contributed by atoms with Gasteiger partial charge in [0, 0.05) is 17.0 Å². The number of thioether (sulfide) groups is 1. The van der Waals surface area contributed by atoms with Crippen LogP contribution in [0.4, 0.5) is 14.5 Å². The smallest absolute Gasteiger partial charge is 0.288 e. The molecule has 0 aliphatic carbocycles. The van der Waals surface area contributed by atoms with Gasteiger partial charge in [0.25, 0.3) is 5.76 Å². The number of nitrogens with one attached hydrogen (secondary N) is 2. The Morgan fingerprint density at radius 2 is 2.32 bits per heavy atom. The third kappa shape index (κ3) is 5.57. The lowest BCUT2D eigenvalue weighted by molar-refractivity contribution is -0.117. The van der Waals surface area contributed by atoms with Gasteiger partial charge in [0.1, 0.15) is 0 Å². The summed E-state index contributed by atoms with van der Waals surface area (Å²) >= 11 is 0.483. The summed E-state index contributed by atoms with van der Waals surface area (Å²) in [5, 5.41) is 6.17. The number of carbonyl (C=O) groups excluding carboxylic acids is 1. The van der Waals surface area contributed by atoms with Crippen LogP contribution in [0, 0.1) is 11.8 Å². The van der Waals surface area contributed by atoms with E-state index in [2.05, 4.69) is 17.6 Å². The largest absolute Gasteiger partial charge is 0.326 e. The van der Waals surface area contributed by atoms with Crippen molar-refractivity contribution in [3.8, 4) is 0 Å². The highest BCUT2D eigenvalue weighted by Crippen LogP contribution is 2.28. The molecule has 0 saturated carbocycles. The molecule has 122 valence electrons. The van der Waals surface area contributed by atoms with Crippen molar-refractivity contribution < 1.29 is 13.6 Å².